The van der Waals surface area contributed by atoms with Crippen LogP contribution in [0.2, 0.25) is 0 Å². The molecule has 1 heterocycles. The fraction of sp³-hybridized carbons (Fsp3) is 0.500. The molecular weight excluding hydrogens is 268 g/mol. The second-order valence-electron chi connectivity index (χ2n) is 3.13. The molecule has 102 valence electrons. The van der Waals surface area contributed by atoms with Gasteiger partial charge < -0.3 is 10.5 Å². The van der Waals surface area contributed by atoms with Crippen molar-refractivity contribution in [3.63, 3.8) is 0 Å². The third-order valence-corrected chi connectivity index (χ3v) is 1.70. The summed E-state index contributed by atoms with van der Waals surface area (Å²) in [5.41, 5.74) is 5.13. The van der Waals surface area contributed by atoms with Gasteiger partial charge in [-0.25, -0.2) is 4.98 Å². The van der Waals surface area contributed by atoms with Gasteiger partial charge in [0.2, 0.25) is 5.88 Å². The molecule has 18 heavy (non-hydrogen) atoms. The maximum atomic E-state index is 12.2. The number of nitrogens with two attached hydrogens (primary N) is 1. The Kier molecular flexibility index (Phi) is 3.99. The molecule has 2 N–H and O–H groups in total. The van der Waals surface area contributed by atoms with Crippen LogP contribution in [0.5, 0.6) is 5.88 Å². The number of hydrogen-bond acceptors (Lipinski definition) is 4. The Hall–Kier alpha value is -1.58. The van der Waals surface area contributed by atoms with Crippen LogP contribution in [-0.4, -0.2) is 28.4 Å². The van der Waals surface area contributed by atoms with E-state index in [-0.39, 0.29) is 12.2 Å². The van der Waals surface area contributed by atoms with Gasteiger partial charge in [0.05, 0.1) is 11.9 Å². The minimum atomic E-state index is -5.60. The predicted octanol–water partition coefficient (Wildman–Crippen LogP) is 1.81. The maximum absolute atomic E-state index is 12.2. The van der Waals surface area contributed by atoms with E-state index >= 15 is 0 Å². The van der Waals surface area contributed by atoms with Crippen molar-refractivity contribution in [2.75, 3.05) is 0 Å². The first-order valence-electron chi connectivity index (χ1n) is 4.45. The van der Waals surface area contributed by atoms with Gasteiger partial charge in [0, 0.05) is 12.7 Å². The number of nitrogens with zero attached hydrogens (tertiary/aromatic N) is 2. The van der Waals surface area contributed by atoms with Crippen LogP contribution >= 0.6 is 0 Å². The largest absolute Gasteiger partial charge is 0.454 e. The van der Waals surface area contributed by atoms with Gasteiger partial charge in [-0.15, -0.1) is 0 Å². The van der Waals surface area contributed by atoms with Crippen molar-refractivity contribution in [3.05, 3.63) is 18.1 Å². The van der Waals surface area contributed by atoms with Gasteiger partial charge >= 0.3 is 12.4 Å². The maximum Gasteiger partial charge on any atom is 0.434 e. The second kappa shape index (κ2) is 4.96. The molecule has 0 aliphatic heterocycles. The van der Waals surface area contributed by atoms with Gasteiger partial charge in [-0.1, -0.05) is 0 Å². The monoisotopic (exact) mass is 275 g/mol. The van der Waals surface area contributed by atoms with Crippen molar-refractivity contribution < 1.29 is 31.1 Å². The van der Waals surface area contributed by atoms with Crippen LogP contribution in [-0.2, 0) is 6.54 Å². The smallest absolute Gasteiger partial charge is 0.434 e. The molecule has 0 saturated carbocycles. The van der Waals surface area contributed by atoms with Crippen LogP contribution < -0.4 is 10.5 Å². The first-order chi connectivity index (χ1) is 8.14. The average Bonchev–Trinajstić information content (AvgIpc) is 2.23. The van der Waals surface area contributed by atoms with E-state index < -0.39 is 24.3 Å². The lowest BCUT2D eigenvalue weighted by atomic mass is 10.3. The Balaban J connectivity index is 2.97. The molecule has 0 amide bonds. The Morgan fingerprint density at radius 3 is 2.11 bits per heavy atom. The van der Waals surface area contributed by atoms with Gasteiger partial charge in [0.1, 0.15) is 0 Å². The van der Waals surface area contributed by atoms with Crippen molar-refractivity contribution >= 4 is 0 Å². The third kappa shape index (κ3) is 3.72. The summed E-state index contributed by atoms with van der Waals surface area (Å²) < 4.78 is 76.8. The molecule has 0 bridgehead atoms. The number of aromatic nitrogens is 2. The molecule has 0 fully saturated rings. The summed E-state index contributed by atoms with van der Waals surface area (Å²) in [6.07, 6.45) is -13.4. The van der Waals surface area contributed by atoms with Gasteiger partial charge in [-0.05, 0) is 0 Å². The van der Waals surface area contributed by atoms with Crippen molar-refractivity contribution in [2.24, 2.45) is 5.73 Å². The molecule has 0 saturated heterocycles. The molecule has 1 rings (SSSR count). The van der Waals surface area contributed by atoms with E-state index in [1.807, 2.05) is 0 Å². The quantitative estimate of drug-likeness (QED) is 0.854. The SMILES string of the molecule is NCc1cncc(OC(C(F)(F)F)C(F)(F)F)n1. The second-order valence-corrected chi connectivity index (χ2v) is 3.13. The summed E-state index contributed by atoms with van der Waals surface area (Å²) in [5.74, 6) is -0.891. The highest BCUT2D eigenvalue weighted by Crippen LogP contribution is 2.35. The Bertz CT molecular complexity index is 391. The lowest BCUT2D eigenvalue weighted by Gasteiger charge is -2.23. The van der Waals surface area contributed by atoms with Crippen LogP contribution in [0.4, 0.5) is 26.3 Å². The molecule has 4 nitrogen and oxygen atoms in total. The van der Waals surface area contributed by atoms with Crippen molar-refractivity contribution in [1.29, 1.82) is 0 Å². The summed E-state index contributed by atoms with van der Waals surface area (Å²) in [4.78, 5) is 6.72. The molecule has 0 aliphatic carbocycles. The molecule has 10 heteroatoms. The van der Waals surface area contributed by atoms with Crippen molar-refractivity contribution in [1.82, 2.24) is 9.97 Å². The van der Waals surface area contributed by atoms with E-state index in [4.69, 9.17) is 5.73 Å². The van der Waals surface area contributed by atoms with E-state index in [9.17, 15) is 26.3 Å². The van der Waals surface area contributed by atoms with E-state index in [0.717, 1.165) is 6.20 Å². The highest BCUT2D eigenvalue weighted by atomic mass is 19.4. The fourth-order valence-electron chi connectivity index (χ4n) is 0.981. The molecule has 0 atom stereocenters. The molecule has 0 unspecified atom stereocenters. The number of halogens is 6. The van der Waals surface area contributed by atoms with E-state index in [0.29, 0.717) is 6.20 Å². The number of ether oxygens (including phenoxy) is 1. The highest BCUT2D eigenvalue weighted by molar-refractivity contribution is 5.09. The topological polar surface area (TPSA) is 61.0 Å². The van der Waals surface area contributed by atoms with E-state index in [2.05, 4.69) is 14.7 Å². The molecule has 0 aliphatic rings. The fourth-order valence-corrected chi connectivity index (χ4v) is 0.981. The first-order valence-corrected chi connectivity index (χ1v) is 4.45. The summed E-state index contributed by atoms with van der Waals surface area (Å²) in [6.45, 7) is -0.188. The molecule has 0 spiro atoms. The van der Waals surface area contributed by atoms with Gasteiger partial charge in [-0.2, -0.15) is 26.3 Å². The highest BCUT2D eigenvalue weighted by Gasteiger charge is 2.59. The van der Waals surface area contributed by atoms with Crippen LogP contribution in [0, 0.1) is 0 Å². The lowest BCUT2D eigenvalue weighted by Crippen LogP contribution is -2.46. The van der Waals surface area contributed by atoms with Crippen LogP contribution in [0.3, 0.4) is 0 Å². The molecule has 1 aromatic rings. The normalized spacial score (nSPS) is 12.9. The van der Waals surface area contributed by atoms with Crippen LogP contribution in [0.1, 0.15) is 5.69 Å². The van der Waals surface area contributed by atoms with Gasteiger partial charge in [0.25, 0.3) is 6.10 Å². The summed E-state index contributed by atoms with van der Waals surface area (Å²) in [6, 6.07) is 0. The van der Waals surface area contributed by atoms with Crippen molar-refractivity contribution in [2.45, 2.75) is 25.0 Å². The number of hydrogen-bond donors (Lipinski definition) is 1. The van der Waals surface area contributed by atoms with Crippen LogP contribution in [0.25, 0.3) is 0 Å². The molecule has 1 aromatic heterocycles. The van der Waals surface area contributed by atoms with Gasteiger partial charge in [0.15, 0.2) is 0 Å². The Morgan fingerprint density at radius 2 is 1.67 bits per heavy atom. The van der Waals surface area contributed by atoms with E-state index in [1.165, 1.54) is 0 Å². The zero-order valence-electron chi connectivity index (χ0n) is 8.59. The Labute approximate surface area is 96.8 Å². The van der Waals surface area contributed by atoms with Crippen molar-refractivity contribution in [3.8, 4) is 5.88 Å². The minimum absolute atomic E-state index is 0.00981. The number of alkyl halides is 6. The first kappa shape index (κ1) is 14.5. The van der Waals surface area contributed by atoms with E-state index in [1.54, 1.807) is 0 Å². The lowest BCUT2D eigenvalue weighted by molar-refractivity contribution is -0.300. The Morgan fingerprint density at radius 1 is 1.11 bits per heavy atom. The standard InChI is InChI=1S/C8H7F6N3O/c9-7(10,11)6(8(12,13)14)18-5-3-16-2-4(1-15)17-5/h2-3,6H,1,15H2. The zero-order chi connectivity index (χ0) is 14.0. The number of rotatable bonds is 3. The van der Waals surface area contributed by atoms with Gasteiger partial charge in [-0.3, -0.25) is 4.98 Å². The third-order valence-electron chi connectivity index (χ3n) is 1.70. The average molecular weight is 275 g/mol. The molecular formula is C8H7F6N3O. The minimum Gasteiger partial charge on any atom is -0.454 e. The summed E-state index contributed by atoms with van der Waals surface area (Å²) in [7, 11) is 0. The molecule has 0 radical (unpaired) electrons. The van der Waals surface area contributed by atoms with Crippen LogP contribution in [0.15, 0.2) is 12.4 Å². The molecule has 0 aromatic carbocycles. The zero-order valence-corrected chi connectivity index (χ0v) is 8.59. The summed E-state index contributed by atoms with van der Waals surface area (Å²) >= 11 is 0. The summed E-state index contributed by atoms with van der Waals surface area (Å²) in [5, 5.41) is 0. The predicted molar refractivity (Wildman–Crippen MR) is 46.4 cm³/mol.